The van der Waals surface area contributed by atoms with Gasteiger partial charge in [-0.3, -0.25) is 0 Å². The molecule has 0 aliphatic heterocycles. The van der Waals surface area contributed by atoms with Crippen molar-refractivity contribution in [3.63, 3.8) is 0 Å². The van der Waals surface area contributed by atoms with Crippen LogP contribution in [0.4, 0.5) is 0 Å². The second-order valence-corrected chi connectivity index (χ2v) is 3.09. The van der Waals surface area contributed by atoms with E-state index in [1.54, 1.807) is 0 Å². The maximum absolute atomic E-state index is 4.32. The zero-order valence-corrected chi connectivity index (χ0v) is 7.39. The number of aryl methyl sites for hydroxylation is 2. The SMILES string of the molecule is CCc1cnc2[nH]c(C)cc2c1. The summed E-state index contributed by atoms with van der Waals surface area (Å²) < 4.78 is 0. The van der Waals surface area contributed by atoms with E-state index in [0.29, 0.717) is 0 Å². The van der Waals surface area contributed by atoms with E-state index in [9.17, 15) is 0 Å². The molecule has 0 atom stereocenters. The third-order valence-corrected chi connectivity index (χ3v) is 2.07. The highest BCUT2D eigenvalue weighted by molar-refractivity contribution is 5.76. The minimum atomic E-state index is 0.990. The molecule has 0 radical (unpaired) electrons. The van der Waals surface area contributed by atoms with Crippen molar-refractivity contribution in [3.8, 4) is 0 Å². The fourth-order valence-electron chi connectivity index (χ4n) is 1.39. The summed E-state index contributed by atoms with van der Waals surface area (Å²) >= 11 is 0. The minimum absolute atomic E-state index is 0.990. The third kappa shape index (κ3) is 1.09. The van der Waals surface area contributed by atoms with Crippen molar-refractivity contribution in [2.45, 2.75) is 20.3 Å². The van der Waals surface area contributed by atoms with Crippen LogP contribution in [-0.2, 0) is 6.42 Å². The Morgan fingerprint density at radius 1 is 1.42 bits per heavy atom. The second kappa shape index (κ2) is 2.63. The second-order valence-electron chi connectivity index (χ2n) is 3.09. The number of H-pyrrole nitrogens is 1. The summed E-state index contributed by atoms with van der Waals surface area (Å²) in [5.74, 6) is 0. The maximum Gasteiger partial charge on any atom is 0.137 e. The van der Waals surface area contributed by atoms with Gasteiger partial charge in [0.2, 0.25) is 0 Å². The van der Waals surface area contributed by atoms with E-state index in [0.717, 1.165) is 12.1 Å². The largest absolute Gasteiger partial charge is 0.344 e. The standard InChI is InChI=1S/C10H12N2/c1-3-8-5-9-4-7(2)12-10(9)11-6-8/h4-6H,3H2,1-2H3,(H,11,12). The lowest BCUT2D eigenvalue weighted by Gasteiger charge is -1.93. The predicted octanol–water partition coefficient (Wildman–Crippen LogP) is 2.43. The van der Waals surface area contributed by atoms with Gasteiger partial charge in [-0.15, -0.1) is 0 Å². The van der Waals surface area contributed by atoms with Gasteiger partial charge in [-0.2, -0.15) is 0 Å². The van der Waals surface area contributed by atoms with Gasteiger partial charge in [0.1, 0.15) is 5.65 Å². The monoisotopic (exact) mass is 160 g/mol. The molecule has 2 aromatic rings. The molecule has 12 heavy (non-hydrogen) atoms. The van der Waals surface area contributed by atoms with Crippen LogP contribution in [0.1, 0.15) is 18.2 Å². The normalized spacial score (nSPS) is 10.8. The molecule has 2 heteroatoms. The highest BCUT2D eigenvalue weighted by atomic mass is 14.8. The molecule has 0 saturated heterocycles. The van der Waals surface area contributed by atoms with Crippen LogP contribution in [-0.4, -0.2) is 9.97 Å². The summed E-state index contributed by atoms with van der Waals surface area (Å²) in [7, 11) is 0. The van der Waals surface area contributed by atoms with Gasteiger partial charge in [0.05, 0.1) is 0 Å². The van der Waals surface area contributed by atoms with Crippen LogP contribution in [0, 0.1) is 6.92 Å². The van der Waals surface area contributed by atoms with Crippen molar-refractivity contribution in [1.29, 1.82) is 0 Å². The number of nitrogens with one attached hydrogen (secondary N) is 1. The summed E-state index contributed by atoms with van der Waals surface area (Å²) in [6.45, 7) is 4.19. The first-order valence-corrected chi connectivity index (χ1v) is 4.24. The molecule has 0 amide bonds. The Bertz CT molecular complexity index is 401. The average Bonchev–Trinajstić information content (AvgIpc) is 2.43. The zero-order chi connectivity index (χ0) is 8.55. The molecule has 62 valence electrons. The van der Waals surface area contributed by atoms with E-state index in [4.69, 9.17) is 0 Å². The van der Waals surface area contributed by atoms with Crippen molar-refractivity contribution in [2.24, 2.45) is 0 Å². The van der Waals surface area contributed by atoms with Crippen LogP contribution >= 0.6 is 0 Å². The van der Waals surface area contributed by atoms with Gasteiger partial charge in [-0.25, -0.2) is 4.98 Å². The van der Waals surface area contributed by atoms with Crippen molar-refractivity contribution < 1.29 is 0 Å². The molecule has 0 bridgehead atoms. The maximum atomic E-state index is 4.32. The van der Waals surface area contributed by atoms with Gasteiger partial charge in [-0.05, 0) is 31.0 Å². The molecule has 0 unspecified atom stereocenters. The van der Waals surface area contributed by atoms with Crippen LogP contribution in [0.25, 0.3) is 11.0 Å². The number of fused-ring (bicyclic) bond motifs is 1. The van der Waals surface area contributed by atoms with Gasteiger partial charge in [0, 0.05) is 17.3 Å². The Morgan fingerprint density at radius 2 is 2.25 bits per heavy atom. The molecule has 2 nitrogen and oxygen atoms in total. The van der Waals surface area contributed by atoms with Crippen LogP contribution < -0.4 is 0 Å². The minimum Gasteiger partial charge on any atom is -0.344 e. The summed E-state index contributed by atoms with van der Waals surface area (Å²) in [5, 5.41) is 1.21. The summed E-state index contributed by atoms with van der Waals surface area (Å²) in [5.41, 5.74) is 3.46. The van der Waals surface area contributed by atoms with Crippen molar-refractivity contribution >= 4 is 11.0 Å². The van der Waals surface area contributed by atoms with Crippen LogP contribution in [0.5, 0.6) is 0 Å². The first-order valence-electron chi connectivity index (χ1n) is 4.24. The van der Waals surface area contributed by atoms with Crippen LogP contribution in [0.15, 0.2) is 18.3 Å². The van der Waals surface area contributed by atoms with Gasteiger partial charge in [0.25, 0.3) is 0 Å². The van der Waals surface area contributed by atoms with E-state index < -0.39 is 0 Å². The topological polar surface area (TPSA) is 28.7 Å². The van der Waals surface area contributed by atoms with Crippen molar-refractivity contribution in [3.05, 3.63) is 29.6 Å². The molecular weight excluding hydrogens is 148 g/mol. The molecule has 1 N–H and O–H groups in total. The molecule has 2 rings (SSSR count). The number of rotatable bonds is 1. The molecule has 2 aromatic heterocycles. The molecule has 0 aromatic carbocycles. The smallest absolute Gasteiger partial charge is 0.137 e. The lowest BCUT2D eigenvalue weighted by molar-refractivity contribution is 1.11. The Labute approximate surface area is 71.6 Å². The van der Waals surface area contributed by atoms with E-state index in [1.807, 2.05) is 13.1 Å². The molecule has 0 aliphatic rings. The van der Waals surface area contributed by atoms with E-state index in [-0.39, 0.29) is 0 Å². The predicted molar refractivity (Wildman–Crippen MR) is 50.2 cm³/mol. The lowest BCUT2D eigenvalue weighted by atomic mass is 10.2. The average molecular weight is 160 g/mol. The number of nitrogens with zero attached hydrogens (tertiary/aromatic N) is 1. The molecule has 0 saturated carbocycles. The van der Waals surface area contributed by atoms with Crippen LogP contribution in [0.3, 0.4) is 0 Å². The molecule has 0 spiro atoms. The van der Waals surface area contributed by atoms with Gasteiger partial charge < -0.3 is 4.98 Å². The summed E-state index contributed by atoms with van der Waals surface area (Å²) in [6, 6.07) is 4.31. The van der Waals surface area contributed by atoms with E-state index in [1.165, 1.54) is 16.6 Å². The fraction of sp³-hybridized carbons (Fsp3) is 0.300. The van der Waals surface area contributed by atoms with E-state index in [2.05, 4.69) is 29.0 Å². The lowest BCUT2D eigenvalue weighted by Crippen LogP contribution is -1.82. The Morgan fingerprint density at radius 3 is 3.00 bits per heavy atom. The number of hydrogen-bond acceptors (Lipinski definition) is 1. The molecule has 2 heterocycles. The summed E-state index contributed by atoms with van der Waals surface area (Å²) in [6.07, 6.45) is 2.98. The van der Waals surface area contributed by atoms with Gasteiger partial charge in [-0.1, -0.05) is 6.92 Å². The summed E-state index contributed by atoms with van der Waals surface area (Å²) in [4.78, 5) is 7.52. The molecule has 0 aliphatic carbocycles. The molecule has 0 fully saturated rings. The zero-order valence-electron chi connectivity index (χ0n) is 7.39. The first-order chi connectivity index (χ1) is 5.79. The quantitative estimate of drug-likeness (QED) is 0.682. The first kappa shape index (κ1) is 7.35. The van der Waals surface area contributed by atoms with Crippen molar-refractivity contribution in [2.75, 3.05) is 0 Å². The number of hydrogen-bond donors (Lipinski definition) is 1. The number of pyridine rings is 1. The number of aromatic amines is 1. The third-order valence-electron chi connectivity index (χ3n) is 2.07. The van der Waals surface area contributed by atoms with Gasteiger partial charge in [0.15, 0.2) is 0 Å². The fourth-order valence-corrected chi connectivity index (χ4v) is 1.39. The highest BCUT2D eigenvalue weighted by Crippen LogP contribution is 2.14. The van der Waals surface area contributed by atoms with Gasteiger partial charge >= 0.3 is 0 Å². The van der Waals surface area contributed by atoms with Crippen LogP contribution in [0.2, 0.25) is 0 Å². The molecular formula is C10H12N2. The highest BCUT2D eigenvalue weighted by Gasteiger charge is 1.98. The Kier molecular flexibility index (Phi) is 1.61. The number of aromatic nitrogens is 2. The van der Waals surface area contributed by atoms with Crippen molar-refractivity contribution in [1.82, 2.24) is 9.97 Å². The Hall–Kier alpha value is -1.31. The van der Waals surface area contributed by atoms with E-state index >= 15 is 0 Å². The Balaban J connectivity index is 2.66.